The standard InChI is InChI=1S/C11H10O5/c1-2-13-11-6-3-4-7-9(15-5-14-7)8(6)10(12)16-11/h3-4,11H,2,5H2,1H3. The van der Waals surface area contributed by atoms with Gasteiger partial charge in [-0.3, -0.25) is 0 Å². The first-order valence-electron chi connectivity index (χ1n) is 5.06. The summed E-state index contributed by atoms with van der Waals surface area (Å²) in [5, 5.41) is 0. The van der Waals surface area contributed by atoms with Gasteiger partial charge in [0.1, 0.15) is 5.56 Å². The molecule has 0 spiro atoms. The maximum absolute atomic E-state index is 11.7. The molecule has 2 aliphatic heterocycles. The van der Waals surface area contributed by atoms with Crippen LogP contribution in [0.4, 0.5) is 0 Å². The Morgan fingerprint density at radius 2 is 2.31 bits per heavy atom. The van der Waals surface area contributed by atoms with Gasteiger partial charge in [-0.1, -0.05) is 0 Å². The SMILES string of the molecule is CCOC1OC(=O)c2c1ccc1c2OCO1. The molecular formula is C11H10O5. The van der Waals surface area contributed by atoms with E-state index in [9.17, 15) is 4.79 Å². The Labute approximate surface area is 91.9 Å². The maximum Gasteiger partial charge on any atom is 0.345 e. The molecule has 0 fully saturated rings. The Bertz CT molecular complexity index is 454. The van der Waals surface area contributed by atoms with Crippen LogP contribution >= 0.6 is 0 Å². The first-order chi connectivity index (χ1) is 7.81. The summed E-state index contributed by atoms with van der Waals surface area (Å²) < 4.78 is 20.9. The summed E-state index contributed by atoms with van der Waals surface area (Å²) in [6.07, 6.45) is -0.623. The van der Waals surface area contributed by atoms with E-state index in [0.717, 1.165) is 0 Å². The topological polar surface area (TPSA) is 54.0 Å². The first-order valence-corrected chi connectivity index (χ1v) is 5.06. The number of hydrogen-bond acceptors (Lipinski definition) is 5. The fourth-order valence-corrected chi connectivity index (χ4v) is 1.89. The highest BCUT2D eigenvalue weighted by Gasteiger charge is 2.37. The number of fused-ring (bicyclic) bond motifs is 3. The minimum absolute atomic E-state index is 0.137. The third kappa shape index (κ3) is 1.18. The smallest absolute Gasteiger partial charge is 0.345 e. The number of cyclic esters (lactones) is 1. The van der Waals surface area contributed by atoms with Gasteiger partial charge in [-0.25, -0.2) is 4.79 Å². The molecule has 0 radical (unpaired) electrons. The van der Waals surface area contributed by atoms with Crippen LogP contribution in [-0.4, -0.2) is 19.4 Å². The van der Waals surface area contributed by atoms with E-state index >= 15 is 0 Å². The molecule has 16 heavy (non-hydrogen) atoms. The summed E-state index contributed by atoms with van der Waals surface area (Å²) in [5.74, 6) is 0.619. The van der Waals surface area contributed by atoms with E-state index in [-0.39, 0.29) is 6.79 Å². The van der Waals surface area contributed by atoms with Crippen molar-refractivity contribution < 1.29 is 23.7 Å². The largest absolute Gasteiger partial charge is 0.454 e. The molecule has 84 valence electrons. The summed E-state index contributed by atoms with van der Waals surface area (Å²) in [6.45, 7) is 2.46. The minimum Gasteiger partial charge on any atom is -0.454 e. The molecule has 2 heterocycles. The lowest BCUT2D eigenvalue weighted by Gasteiger charge is -2.09. The molecule has 0 saturated carbocycles. The van der Waals surface area contributed by atoms with E-state index in [1.54, 1.807) is 12.1 Å². The zero-order chi connectivity index (χ0) is 11.1. The van der Waals surface area contributed by atoms with Crippen LogP contribution in [0.1, 0.15) is 29.1 Å². The zero-order valence-electron chi connectivity index (χ0n) is 8.69. The molecule has 5 nitrogen and oxygen atoms in total. The van der Waals surface area contributed by atoms with Gasteiger partial charge in [-0.15, -0.1) is 0 Å². The highest BCUT2D eigenvalue weighted by Crippen LogP contribution is 2.44. The molecule has 5 heteroatoms. The second-order valence-electron chi connectivity index (χ2n) is 3.46. The number of rotatable bonds is 2. The molecular weight excluding hydrogens is 212 g/mol. The van der Waals surface area contributed by atoms with Crippen LogP contribution in [0.15, 0.2) is 12.1 Å². The van der Waals surface area contributed by atoms with E-state index in [1.165, 1.54) is 0 Å². The summed E-state index contributed by atoms with van der Waals surface area (Å²) in [5.41, 5.74) is 1.13. The summed E-state index contributed by atoms with van der Waals surface area (Å²) in [7, 11) is 0. The lowest BCUT2D eigenvalue weighted by Crippen LogP contribution is -2.03. The number of carbonyl (C=O) groups is 1. The van der Waals surface area contributed by atoms with Crippen molar-refractivity contribution in [2.75, 3.05) is 13.4 Å². The Balaban J connectivity index is 2.10. The maximum atomic E-state index is 11.7. The fourth-order valence-electron chi connectivity index (χ4n) is 1.89. The Morgan fingerprint density at radius 3 is 3.12 bits per heavy atom. The minimum atomic E-state index is -0.623. The Hall–Kier alpha value is -1.75. The van der Waals surface area contributed by atoms with Crippen LogP contribution in [0.3, 0.4) is 0 Å². The molecule has 0 aromatic heterocycles. The second kappa shape index (κ2) is 3.38. The molecule has 0 bridgehead atoms. The van der Waals surface area contributed by atoms with Crippen molar-refractivity contribution in [3.05, 3.63) is 23.3 Å². The summed E-state index contributed by atoms with van der Waals surface area (Å²) in [6, 6.07) is 3.53. The average molecular weight is 222 g/mol. The molecule has 3 rings (SSSR count). The molecule has 2 aliphatic rings. The Kier molecular flexibility index (Phi) is 2.00. The van der Waals surface area contributed by atoms with E-state index < -0.39 is 12.3 Å². The van der Waals surface area contributed by atoms with E-state index in [0.29, 0.717) is 29.2 Å². The average Bonchev–Trinajstić information content (AvgIpc) is 2.84. The number of ether oxygens (including phenoxy) is 4. The van der Waals surface area contributed by atoms with Crippen molar-refractivity contribution in [2.45, 2.75) is 13.2 Å². The van der Waals surface area contributed by atoms with Crippen LogP contribution in [0.5, 0.6) is 11.5 Å². The molecule has 1 atom stereocenters. The van der Waals surface area contributed by atoms with E-state index in [4.69, 9.17) is 18.9 Å². The van der Waals surface area contributed by atoms with Gasteiger partial charge in [-0.2, -0.15) is 0 Å². The van der Waals surface area contributed by atoms with Crippen molar-refractivity contribution in [1.29, 1.82) is 0 Å². The van der Waals surface area contributed by atoms with Gasteiger partial charge in [0.25, 0.3) is 0 Å². The lowest BCUT2D eigenvalue weighted by molar-refractivity contribution is -0.0993. The molecule has 0 amide bonds. The number of benzene rings is 1. The van der Waals surface area contributed by atoms with Crippen molar-refractivity contribution in [1.82, 2.24) is 0 Å². The highest BCUT2D eigenvalue weighted by atomic mass is 16.7. The van der Waals surface area contributed by atoms with E-state index in [1.807, 2.05) is 6.92 Å². The summed E-state index contributed by atoms with van der Waals surface area (Å²) >= 11 is 0. The molecule has 0 aliphatic carbocycles. The van der Waals surface area contributed by atoms with Crippen LogP contribution < -0.4 is 9.47 Å². The van der Waals surface area contributed by atoms with Crippen molar-refractivity contribution in [3.63, 3.8) is 0 Å². The van der Waals surface area contributed by atoms with Gasteiger partial charge >= 0.3 is 5.97 Å². The predicted molar refractivity (Wildman–Crippen MR) is 52.3 cm³/mol. The van der Waals surface area contributed by atoms with Crippen molar-refractivity contribution in [2.24, 2.45) is 0 Å². The number of hydrogen-bond donors (Lipinski definition) is 0. The molecule has 1 aromatic carbocycles. The van der Waals surface area contributed by atoms with Gasteiger partial charge < -0.3 is 18.9 Å². The molecule has 1 unspecified atom stereocenters. The van der Waals surface area contributed by atoms with Crippen LogP contribution in [0.2, 0.25) is 0 Å². The number of carbonyl (C=O) groups excluding carboxylic acids is 1. The van der Waals surface area contributed by atoms with Gasteiger partial charge in [0, 0.05) is 12.2 Å². The Morgan fingerprint density at radius 1 is 1.44 bits per heavy atom. The zero-order valence-corrected chi connectivity index (χ0v) is 8.69. The fraction of sp³-hybridized carbons (Fsp3) is 0.364. The summed E-state index contributed by atoms with van der Waals surface area (Å²) in [4.78, 5) is 11.7. The third-order valence-electron chi connectivity index (χ3n) is 2.56. The second-order valence-corrected chi connectivity index (χ2v) is 3.46. The van der Waals surface area contributed by atoms with Crippen LogP contribution in [0.25, 0.3) is 0 Å². The highest BCUT2D eigenvalue weighted by molar-refractivity contribution is 5.98. The third-order valence-corrected chi connectivity index (χ3v) is 2.56. The molecule has 0 N–H and O–H groups in total. The van der Waals surface area contributed by atoms with Crippen molar-refractivity contribution in [3.8, 4) is 11.5 Å². The predicted octanol–water partition coefficient (Wildman–Crippen LogP) is 1.62. The van der Waals surface area contributed by atoms with Gasteiger partial charge in [0.15, 0.2) is 11.5 Å². The van der Waals surface area contributed by atoms with Crippen LogP contribution in [-0.2, 0) is 9.47 Å². The van der Waals surface area contributed by atoms with Gasteiger partial charge in [0.2, 0.25) is 13.1 Å². The van der Waals surface area contributed by atoms with E-state index in [2.05, 4.69) is 0 Å². The quantitative estimate of drug-likeness (QED) is 0.712. The van der Waals surface area contributed by atoms with Crippen molar-refractivity contribution >= 4 is 5.97 Å². The normalized spacial score (nSPS) is 20.8. The van der Waals surface area contributed by atoms with Gasteiger partial charge in [-0.05, 0) is 19.1 Å². The first kappa shape index (κ1) is 9.47. The number of esters is 1. The monoisotopic (exact) mass is 222 g/mol. The van der Waals surface area contributed by atoms with Gasteiger partial charge in [0.05, 0.1) is 0 Å². The molecule has 0 saturated heterocycles. The lowest BCUT2D eigenvalue weighted by atomic mass is 10.1. The molecule has 1 aromatic rings. The van der Waals surface area contributed by atoms with Crippen LogP contribution in [0, 0.1) is 0 Å².